The fraction of sp³-hybridized carbons (Fsp3) is 0.158. The molecule has 3 rings (SSSR count). The van der Waals surface area contributed by atoms with E-state index in [0.29, 0.717) is 22.4 Å². The van der Waals surface area contributed by atoms with Crippen molar-refractivity contribution in [2.45, 2.75) is 13.3 Å². The molecule has 0 saturated carbocycles. The molecule has 6 heteroatoms. The Labute approximate surface area is 156 Å². The van der Waals surface area contributed by atoms with Gasteiger partial charge in [0.25, 0.3) is 0 Å². The van der Waals surface area contributed by atoms with Crippen LogP contribution < -0.4 is 0 Å². The maximum Gasteiger partial charge on any atom is 0.152 e. The second-order valence-electron chi connectivity index (χ2n) is 5.38. The van der Waals surface area contributed by atoms with Crippen molar-refractivity contribution < 1.29 is 4.74 Å². The van der Waals surface area contributed by atoms with Gasteiger partial charge in [0, 0.05) is 21.2 Å². The molecule has 0 radical (unpaired) electrons. The van der Waals surface area contributed by atoms with E-state index in [1.54, 1.807) is 11.0 Å². The van der Waals surface area contributed by atoms with Crippen LogP contribution in [0, 0.1) is 0 Å². The van der Waals surface area contributed by atoms with E-state index in [2.05, 4.69) is 17.0 Å². The molecule has 4 nitrogen and oxygen atoms in total. The Balaban J connectivity index is 2.21. The number of hydrogen-bond acceptors (Lipinski definition) is 3. The first-order chi connectivity index (χ1) is 12.2. The van der Waals surface area contributed by atoms with Crippen LogP contribution in [-0.2, 0) is 4.74 Å². The number of benzene rings is 2. The molecule has 128 valence electrons. The maximum absolute atomic E-state index is 6.10. The van der Waals surface area contributed by atoms with Crippen LogP contribution in [0.2, 0.25) is 10.0 Å². The number of nitrogens with zero attached hydrogens (tertiary/aromatic N) is 3. The van der Waals surface area contributed by atoms with Crippen molar-refractivity contribution >= 4 is 34.7 Å². The Bertz CT molecular complexity index is 841. The van der Waals surface area contributed by atoms with Crippen molar-refractivity contribution in [2.24, 2.45) is 0 Å². The standard InChI is InChI=1S/C19H17Cl2N3O/c1-2-11-25-19(15-5-9-17(21)10-6-15)18(24-13-22-12-23-24)14-3-7-16(20)8-4-14/h3-10,12-13H,2,11H2,1H3. The molecule has 0 bridgehead atoms. The van der Waals surface area contributed by atoms with Gasteiger partial charge in [-0.2, -0.15) is 5.10 Å². The second-order valence-corrected chi connectivity index (χ2v) is 6.25. The molecule has 1 heterocycles. The highest BCUT2D eigenvalue weighted by atomic mass is 35.5. The lowest BCUT2D eigenvalue weighted by atomic mass is 10.1. The molecule has 25 heavy (non-hydrogen) atoms. The third-order valence-corrected chi connectivity index (χ3v) is 4.04. The zero-order valence-electron chi connectivity index (χ0n) is 13.7. The summed E-state index contributed by atoms with van der Waals surface area (Å²) in [6, 6.07) is 15.1. The highest BCUT2D eigenvalue weighted by Crippen LogP contribution is 2.30. The van der Waals surface area contributed by atoms with Gasteiger partial charge in [0.05, 0.1) is 6.61 Å². The Morgan fingerprint density at radius 1 is 0.960 bits per heavy atom. The summed E-state index contributed by atoms with van der Waals surface area (Å²) in [7, 11) is 0. The number of halogens is 2. The first-order valence-corrected chi connectivity index (χ1v) is 8.68. The van der Waals surface area contributed by atoms with Crippen LogP contribution in [-0.4, -0.2) is 21.4 Å². The van der Waals surface area contributed by atoms with Gasteiger partial charge in [0.15, 0.2) is 5.76 Å². The quantitative estimate of drug-likeness (QED) is 0.429. The van der Waals surface area contributed by atoms with Crippen molar-refractivity contribution in [1.82, 2.24) is 14.8 Å². The van der Waals surface area contributed by atoms with Crippen LogP contribution in [0.15, 0.2) is 61.2 Å². The van der Waals surface area contributed by atoms with E-state index in [1.165, 1.54) is 6.33 Å². The van der Waals surface area contributed by atoms with E-state index >= 15 is 0 Å². The molecule has 0 atom stereocenters. The first kappa shape index (κ1) is 17.5. The molecule has 0 N–H and O–H groups in total. The minimum Gasteiger partial charge on any atom is -0.491 e. The number of rotatable bonds is 6. The summed E-state index contributed by atoms with van der Waals surface area (Å²) < 4.78 is 7.80. The molecule has 0 fully saturated rings. The first-order valence-electron chi connectivity index (χ1n) is 7.93. The summed E-state index contributed by atoms with van der Waals surface area (Å²) in [6.45, 7) is 2.65. The molecule has 0 aliphatic carbocycles. The van der Waals surface area contributed by atoms with Gasteiger partial charge in [0.1, 0.15) is 18.4 Å². The molecule has 0 spiro atoms. The van der Waals surface area contributed by atoms with Gasteiger partial charge in [-0.15, -0.1) is 0 Å². The van der Waals surface area contributed by atoms with Gasteiger partial charge in [-0.25, -0.2) is 9.67 Å². The molecule has 0 aliphatic heterocycles. The van der Waals surface area contributed by atoms with Crippen molar-refractivity contribution in [3.05, 3.63) is 82.4 Å². The Kier molecular flexibility index (Phi) is 5.74. The molecule has 2 aromatic carbocycles. The summed E-state index contributed by atoms with van der Waals surface area (Å²) in [5.74, 6) is 0.714. The van der Waals surface area contributed by atoms with Crippen molar-refractivity contribution in [3.63, 3.8) is 0 Å². The van der Waals surface area contributed by atoms with Gasteiger partial charge in [-0.1, -0.05) is 42.3 Å². The van der Waals surface area contributed by atoms with Crippen LogP contribution >= 0.6 is 23.2 Å². The van der Waals surface area contributed by atoms with Crippen LogP contribution in [0.3, 0.4) is 0 Å². The van der Waals surface area contributed by atoms with Crippen LogP contribution in [0.4, 0.5) is 0 Å². The predicted molar refractivity (Wildman–Crippen MR) is 101 cm³/mol. The lowest BCUT2D eigenvalue weighted by Crippen LogP contribution is -2.06. The highest BCUT2D eigenvalue weighted by molar-refractivity contribution is 6.30. The summed E-state index contributed by atoms with van der Waals surface area (Å²) in [4.78, 5) is 4.07. The molecular formula is C19H17Cl2N3O. The average molecular weight is 374 g/mol. The molecule has 3 aromatic rings. The van der Waals surface area contributed by atoms with Gasteiger partial charge < -0.3 is 4.74 Å². The fourth-order valence-electron chi connectivity index (χ4n) is 2.39. The van der Waals surface area contributed by atoms with Crippen LogP contribution in [0.1, 0.15) is 24.5 Å². The van der Waals surface area contributed by atoms with E-state index < -0.39 is 0 Å². The third-order valence-electron chi connectivity index (χ3n) is 3.54. The monoisotopic (exact) mass is 373 g/mol. The normalized spacial score (nSPS) is 12.0. The lowest BCUT2D eigenvalue weighted by molar-refractivity contribution is 0.277. The number of hydrogen-bond donors (Lipinski definition) is 0. The molecular weight excluding hydrogens is 357 g/mol. The maximum atomic E-state index is 6.10. The number of aromatic nitrogens is 3. The van der Waals surface area contributed by atoms with Crippen LogP contribution in [0.25, 0.3) is 11.5 Å². The molecule has 0 saturated heterocycles. The second kappa shape index (κ2) is 8.19. The Morgan fingerprint density at radius 3 is 2.08 bits per heavy atom. The highest BCUT2D eigenvalue weighted by Gasteiger charge is 2.16. The smallest absolute Gasteiger partial charge is 0.152 e. The predicted octanol–water partition coefficient (Wildman–Crippen LogP) is 5.39. The molecule has 0 amide bonds. The van der Waals surface area contributed by atoms with E-state index in [0.717, 1.165) is 23.2 Å². The van der Waals surface area contributed by atoms with Gasteiger partial charge in [-0.05, 0) is 42.8 Å². The molecule has 0 unspecified atom stereocenters. The minimum absolute atomic E-state index is 0.587. The van der Waals surface area contributed by atoms with E-state index in [-0.39, 0.29) is 0 Å². The zero-order chi connectivity index (χ0) is 17.6. The van der Waals surface area contributed by atoms with E-state index in [1.807, 2.05) is 48.5 Å². The zero-order valence-corrected chi connectivity index (χ0v) is 15.2. The minimum atomic E-state index is 0.587. The summed E-state index contributed by atoms with van der Waals surface area (Å²) in [6.07, 6.45) is 4.03. The largest absolute Gasteiger partial charge is 0.491 e. The third kappa shape index (κ3) is 4.21. The molecule has 0 aliphatic rings. The van der Waals surface area contributed by atoms with Crippen LogP contribution in [0.5, 0.6) is 0 Å². The van der Waals surface area contributed by atoms with E-state index in [9.17, 15) is 0 Å². The Morgan fingerprint density at radius 2 is 1.56 bits per heavy atom. The summed E-state index contributed by atoms with van der Waals surface area (Å²) in [5, 5.41) is 5.64. The average Bonchev–Trinajstić information content (AvgIpc) is 3.15. The SMILES string of the molecule is CCCOC(=C(c1ccc(Cl)cc1)n1cncn1)c1ccc(Cl)cc1. The molecule has 1 aromatic heterocycles. The van der Waals surface area contributed by atoms with Crippen molar-refractivity contribution in [1.29, 1.82) is 0 Å². The van der Waals surface area contributed by atoms with Crippen molar-refractivity contribution in [2.75, 3.05) is 6.61 Å². The van der Waals surface area contributed by atoms with Gasteiger partial charge in [0.2, 0.25) is 0 Å². The lowest BCUT2D eigenvalue weighted by Gasteiger charge is -2.17. The summed E-state index contributed by atoms with van der Waals surface area (Å²) >= 11 is 12.1. The van der Waals surface area contributed by atoms with E-state index in [4.69, 9.17) is 27.9 Å². The Hall–Kier alpha value is -2.30. The van der Waals surface area contributed by atoms with Crippen molar-refractivity contribution in [3.8, 4) is 0 Å². The van der Waals surface area contributed by atoms with Gasteiger partial charge >= 0.3 is 0 Å². The topological polar surface area (TPSA) is 39.9 Å². The fourth-order valence-corrected chi connectivity index (χ4v) is 2.64. The van der Waals surface area contributed by atoms with Gasteiger partial charge in [-0.3, -0.25) is 0 Å². The summed E-state index contributed by atoms with van der Waals surface area (Å²) in [5.41, 5.74) is 2.64. The number of ether oxygens (including phenoxy) is 1.